The molecule has 0 saturated heterocycles. The second kappa shape index (κ2) is 4.61. The lowest BCUT2D eigenvalue weighted by Crippen LogP contribution is -2.37. The SMILES string of the molecule is C[C@H](NC(=S)NC1CC1)c1cc2ccccc2o1. The predicted octanol–water partition coefficient (Wildman–Crippen LogP) is 3.12. The standard InChI is InChI=1S/C14H16N2OS/c1-9(15-14(18)16-11-6-7-11)13-8-10-4-2-3-5-12(10)17-13/h2-5,8-9,11H,6-7H2,1H3,(H2,15,16,18)/t9-/m0/s1. The Labute approximate surface area is 112 Å². The van der Waals surface area contributed by atoms with Gasteiger partial charge in [-0.15, -0.1) is 0 Å². The molecule has 1 aromatic heterocycles. The van der Waals surface area contributed by atoms with Gasteiger partial charge in [-0.25, -0.2) is 0 Å². The second-order valence-electron chi connectivity index (χ2n) is 4.80. The monoisotopic (exact) mass is 260 g/mol. The number of rotatable bonds is 3. The quantitative estimate of drug-likeness (QED) is 0.831. The van der Waals surface area contributed by atoms with Crippen LogP contribution in [0.5, 0.6) is 0 Å². The number of hydrogen-bond acceptors (Lipinski definition) is 2. The fourth-order valence-electron chi connectivity index (χ4n) is 1.94. The summed E-state index contributed by atoms with van der Waals surface area (Å²) in [6.07, 6.45) is 2.45. The van der Waals surface area contributed by atoms with Crippen LogP contribution in [0.25, 0.3) is 11.0 Å². The van der Waals surface area contributed by atoms with E-state index in [0.717, 1.165) is 16.7 Å². The minimum Gasteiger partial charge on any atom is -0.459 e. The average Bonchev–Trinajstić information content (AvgIpc) is 3.05. The smallest absolute Gasteiger partial charge is 0.167 e. The molecule has 0 bridgehead atoms. The summed E-state index contributed by atoms with van der Waals surface area (Å²) in [4.78, 5) is 0. The lowest BCUT2D eigenvalue weighted by molar-refractivity contribution is 0.490. The molecule has 0 radical (unpaired) electrons. The van der Waals surface area contributed by atoms with Gasteiger partial charge in [0.2, 0.25) is 0 Å². The Hall–Kier alpha value is -1.55. The number of nitrogens with one attached hydrogen (secondary N) is 2. The summed E-state index contributed by atoms with van der Waals surface area (Å²) in [6, 6.07) is 10.7. The van der Waals surface area contributed by atoms with Crippen LogP contribution < -0.4 is 10.6 Å². The van der Waals surface area contributed by atoms with E-state index in [1.807, 2.05) is 18.2 Å². The lowest BCUT2D eigenvalue weighted by Gasteiger charge is -2.14. The molecule has 0 spiro atoms. The molecule has 1 aliphatic rings. The van der Waals surface area contributed by atoms with E-state index in [9.17, 15) is 0 Å². The number of fused-ring (bicyclic) bond motifs is 1. The molecule has 1 saturated carbocycles. The van der Waals surface area contributed by atoms with Gasteiger partial charge in [0, 0.05) is 11.4 Å². The highest BCUT2D eigenvalue weighted by molar-refractivity contribution is 7.80. The number of benzene rings is 1. The van der Waals surface area contributed by atoms with Crippen LogP contribution in [-0.2, 0) is 0 Å². The molecule has 18 heavy (non-hydrogen) atoms. The first-order valence-electron chi connectivity index (χ1n) is 6.28. The first-order chi connectivity index (χ1) is 8.72. The van der Waals surface area contributed by atoms with Crippen molar-refractivity contribution in [3.05, 3.63) is 36.1 Å². The number of thiocarbonyl (C=S) groups is 1. The maximum absolute atomic E-state index is 5.80. The summed E-state index contributed by atoms with van der Waals surface area (Å²) >= 11 is 5.26. The van der Waals surface area contributed by atoms with Gasteiger partial charge >= 0.3 is 0 Å². The van der Waals surface area contributed by atoms with Crippen LogP contribution in [0.4, 0.5) is 0 Å². The van der Waals surface area contributed by atoms with Gasteiger partial charge in [-0.05, 0) is 44.1 Å². The van der Waals surface area contributed by atoms with Crippen molar-refractivity contribution in [3.8, 4) is 0 Å². The molecule has 2 N–H and O–H groups in total. The molecule has 3 nitrogen and oxygen atoms in total. The van der Waals surface area contributed by atoms with E-state index in [0.29, 0.717) is 11.2 Å². The average molecular weight is 260 g/mol. The highest BCUT2D eigenvalue weighted by atomic mass is 32.1. The molecule has 1 fully saturated rings. The van der Waals surface area contributed by atoms with Gasteiger partial charge in [0.05, 0.1) is 6.04 Å². The molecule has 1 heterocycles. The van der Waals surface area contributed by atoms with Crippen LogP contribution in [0.3, 0.4) is 0 Å². The van der Waals surface area contributed by atoms with E-state index >= 15 is 0 Å². The van der Waals surface area contributed by atoms with Crippen LogP contribution in [-0.4, -0.2) is 11.2 Å². The molecule has 1 aromatic carbocycles. The van der Waals surface area contributed by atoms with E-state index in [-0.39, 0.29) is 6.04 Å². The highest BCUT2D eigenvalue weighted by Crippen LogP contribution is 2.24. The normalized spacial score (nSPS) is 16.5. The summed E-state index contributed by atoms with van der Waals surface area (Å²) in [5.74, 6) is 0.913. The first-order valence-corrected chi connectivity index (χ1v) is 6.69. The van der Waals surface area contributed by atoms with E-state index < -0.39 is 0 Å². The van der Waals surface area contributed by atoms with Crippen molar-refractivity contribution in [3.63, 3.8) is 0 Å². The molecule has 2 aromatic rings. The summed E-state index contributed by atoms with van der Waals surface area (Å²) < 4.78 is 5.80. The maximum Gasteiger partial charge on any atom is 0.167 e. The molecule has 3 rings (SSSR count). The van der Waals surface area contributed by atoms with Gasteiger partial charge in [-0.3, -0.25) is 0 Å². The zero-order chi connectivity index (χ0) is 12.5. The van der Waals surface area contributed by atoms with E-state index in [4.69, 9.17) is 16.6 Å². The predicted molar refractivity (Wildman–Crippen MR) is 76.5 cm³/mol. The van der Waals surface area contributed by atoms with Crippen LogP contribution in [0.1, 0.15) is 31.6 Å². The fraction of sp³-hybridized carbons (Fsp3) is 0.357. The lowest BCUT2D eigenvalue weighted by atomic mass is 10.2. The van der Waals surface area contributed by atoms with E-state index in [1.54, 1.807) is 0 Å². The Kier molecular flexibility index (Phi) is 2.96. The molecule has 0 unspecified atom stereocenters. The van der Waals surface area contributed by atoms with Crippen molar-refractivity contribution in [2.45, 2.75) is 31.8 Å². The summed E-state index contributed by atoms with van der Waals surface area (Å²) in [7, 11) is 0. The number of furan rings is 1. The number of hydrogen-bond donors (Lipinski definition) is 2. The third kappa shape index (κ3) is 2.48. The van der Waals surface area contributed by atoms with Gasteiger partial charge in [0.1, 0.15) is 11.3 Å². The third-order valence-corrected chi connectivity index (χ3v) is 3.37. The van der Waals surface area contributed by atoms with E-state index in [2.05, 4.69) is 29.7 Å². The topological polar surface area (TPSA) is 37.2 Å². The van der Waals surface area contributed by atoms with E-state index in [1.165, 1.54) is 12.8 Å². The Balaban J connectivity index is 1.70. The van der Waals surface area contributed by atoms with Gasteiger partial charge < -0.3 is 15.1 Å². The third-order valence-electron chi connectivity index (χ3n) is 3.13. The summed E-state index contributed by atoms with van der Waals surface area (Å²) in [6.45, 7) is 2.05. The van der Waals surface area contributed by atoms with Crippen LogP contribution in [0.2, 0.25) is 0 Å². The molecular formula is C14H16N2OS. The molecular weight excluding hydrogens is 244 g/mol. The first kappa shape index (κ1) is 11.5. The number of para-hydroxylation sites is 1. The van der Waals surface area contributed by atoms with Crippen molar-refractivity contribution in [2.24, 2.45) is 0 Å². The largest absolute Gasteiger partial charge is 0.459 e. The zero-order valence-electron chi connectivity index (χ0n) is 10.3. The fourth-order valence-corrected chi connectivity index (χ4v) is 2.28. The van der Waals surface area contributed by atoms with Gasteiger partial charge in [0.25, 0.3) is 0 Å². The molecule has 4 heteroatoms. The van der Waals surface area contributed by atoms with Crippen molar-refractivity contribution in [1.29, 1.82) is 0 Å². The molecule has 1 atom stereocenters. The van der Waals surface area contributed by atoms with Crippen LogP contribution in [0, 0.1) is 0 Å². The molecule has 1 aliphatic carbocycles. The van der Waals surface area contributed by atoms with Crippen molar-refractivity contribution < 1.29 is 4.42 Å². The minimum atomic E-state index is 0.0798. The maximum atomic E-state index is 5.80. The minimum absolute atomic E-state index is 0.0798. The Bertz CT molecular complexity index is 541. The van der Waals surface area contributed by atoms with Crippen molar-refractivity contribution in [2.75, 3.05) is 0 Å². The molecule has 0 aliphatic heterocycles. The Morgan fingerprint density at radius 3 is 2.89 bits per heavy atom. The highest BCUT2D eigenvalue weighted by Gasteiger charge is 2.22. The summed E-state index contributed by atoms with van der Waals surface area (Å²) in [5.41, 5.74) is 0.919. The van der Waals surface area contributed by atoms with Crippen molar-refractivity contribution >= 4 is 28.3 Å². The zero-order valence-corrected chi connectivity index (χ0v) is 11.1. The Morgan fingerprint density at radius 1 is 1.39 bits per heavy atom. The molecule has 0 amide bonds. The van der Waals surface area contributed by atoms with Gasteiger partial charge in [-0.1, -0.05) is 18.2 Å². The second-order valence-corrected chi connectivity index (χ2v) is 5.21. The van der Waals surface area contributed by atoms with Gasteiger partial charge in [-0.2, -0.15) is 0 Å². The Morgan fingerprint density at radius 2 is 2.17 bits per heavy atom. The molecule has 94 valence electrons. The van der Waals surface area contributed by atoms with Crippen LogP contribution >= 0.6 is 12.2 Å². The van der Waals surface area contributed by atoms with Crippen LogP contribution in [0.15, 0.2) is 34.7 Å². The van der Waals surface area contributed by atoms with Gasteiger partial charge in [0.15, 0.2) is 5.11 Å². The van der Waals surface area contributed by atoms with Crippen molar-refractivity contribution in [1.82, 2.24) is 10.6 Å². The summed E-state index contributed by atoms with van der Waals surface area (Å²) in [5, 5.41) is 8.36.